The molecule has 0 saturated heterocycles. The second kappa shape index (κ2) is 8.46. The summed E-state index contributed by atoms with van der Waals surface area (Å²) in [6.45, 7) is 4.11. The van der Waals surface area contributed by atoms with E-state index in [1.165, 1.54) is 18.2 Å². The third-order valence-electron chi connectivity index (χ3n) is 3.37. The third-order valence-corrected chi connectivity index (χ3v) is 4.99. The van der Waals surface area contributed by atoms with Crippen molar-refractivity contribution in [2.24, 2.45) is 5.73 Å². The van der Waals surface area contributed by atoms with E-state index in [1.807, 2.05) is 0 Å². The number of nitrogens with one attached hydrogen (secondary N) is 1. The lowest BCUT2D eigenvalue weighted by molar-refractivity contribution is 0.514. The van der Waals surface area contributed by atoms with Crippen molar-refractivity contribution in [3.8, 4) is 0 Å². The highest BCUT2D eigenvalue weighted by molar-refractivity contribution is 7.89. The number of rotatable bonds is 9. The first-order valence-corrected chi connectivity index (χ1v) is 8.89. The molecule has 21 heavy (non-hydrogen) atoms. The molecule has 1 atom stereocenters. The van der Waals surface area contributed by atoms with Gasteiger partial charge in [-0.1, -0.05) is 38.7 Å². The number of hydrogen-bond donors (Lipinski definition) is 2. The third kappa shape index (κ3) is 5.73. The molecule has 0 saturated carbocycles. The van der Waals surface area contributed by atoms with E-state index in [2.05, 4.69) is 11.6 Å². The van der Waals surface area contributed by atoms with E-state index < -0.39 is 15.8 Å². The van der Waals surface area contributed by atoms with Crippen molar-refractivity contribution in [1.82, 2.24) is 4.72 Å². The Balaban J connectivity index is 2.68. The van der Waals surface area contributed by atoms with Crippen molar-refractivity contribution < 1.29 is 12.8 Å². The Bertz CT molecular complexity index is 547. The predicted molar refractivity (Wildman–Crippen MR) is 82.8 cm³/mol. The standard InChI is InChI=1S/C15H25FN2O2S/c1-3-4-5-6-7-12(2)18-21(19,20)15-9-8-13(11-17)10-14(15)16/h8-10,12,18H,3-7,11,17H2,1-2H3. The molecule has 1 rings (SSSR count). The summed E-state index contributed by atoms with van der Waals surface area (Å²) in [4.78, 5) is -0.319. The van der Waals surface area contributed by atoms with Crippen LogP contribution in [0.5, 0.6) is 0 Å². The summed E-state index contributed by atoms with van der Waals surface area (Å²) in [7, 11) is -3.82. The van der Waals surface area contributed by atoms with Gasteiger partial charge in [0.05, 0.1) is 0 Å². The van der Waals surface area contributed by atoms with Crippen LogP contribution in [-0.2, 0) is 16.6 Å². The zero-order valence-corrected chi connectivity index (χ0v) is 13.5. The average Bonchev–Trinajstić information content (AvgIpc) is 2.42. The van der Waals surface area contributed by atoms with Crippen molar-refractivity contribution in [1.29, 1.82) is 0 Å². The van der Waals surface area contributed by atoms with Gasteiger partial charge in [0.25, 0.3) is 0 Å². The predicted octanol–water partition coefficient (Wildman–Crippen LogP) is 2.92. The fourth-order valence-electron chi connectivity index (χ4n) is 2.15. The maximum atomic E-state index is 13.9. The molecule has 0 aliphatic heterocycles. The van der Waals surface area contributed by atoms with Crippen LogP contribution in [0.15, 0.2) is 23.1 Å². The zero-order valence-electron chi connectivity index (χ0n) is 12.7. The first kappa shape index (κ1) is 18.1. The van der Waals surface area contributed by atoms with Gasteiger partial charge < -0.3 is 5.73 Å². The fraction of sp³-hybridized carbons (Fsp3) is 0.600. The van der Waals surface area contributed by atoms with Crippen LogP contribution in [0.3, 0.4) is 0 Å². The molecule has 1 unspecified atom stereocenters. The molecule has 0 radical (unpaired) electrons. The highest BCUT2D eigenvalue weighted by atomic mass is 32.2. The molecular weight excluding hydrogens is 291 g/mol. The van der Waals surface area contributed by atoms with Crippen molar-refractivity contribution >= 4 is 10.0 Å². The Kier molecular flexibility index (Phi) is 7.28. The summed E-state index contributed by atoms with van der Waals surface area (Å²) < 4.78 is 40.7. The van der Waals surface area contributed by atoms with Gasteiger partial charge in [-0.15, -0.1) is 0 Å². The van der Waals surface area contributed by atoms with Gasteiger partial charge in [-0.25, -0.2) is 17.5 Å². The minimum Gasteiger partial charge on any atom is -0.326 e. The number of nitrogens with two attached hydrogens (primary N) is 1. The molecule has 0 amide bonds. The van der Waals surface area contributed by atoms with Gasteiger partial charge in [-0.2, -0.15) is 0 Å². The van der Waals surface area contributed by atoms with E-state index in [4.69, 9.17) is 5.73 Å². The molecule has 0 heterocycles. The average molecular weight is 316 g/mol. The highest BCUT2D eigenvalue weighted by Crippen LogP contribution is 2.17. The quantitative estimate of drug-likeness (QED) is 0.688. The maximum absolute atomic E-state index is 13.9. The first-order chi connectivity index (χ1) is 9.90. The summed E-state index contributed by atoms with van der Waals surface area (Å²) in [6.07, 6.45) is 5.09. The molecule has 0 spiro atoms. The molecule has 0 aromatic heterocycles. The topological polar surface area (TPSA) is 72.2 Å². The number of hydrogen-bond acceptors (Lipinski definition) is 3. The number of sulfonamides is 1. The maximum Gasteiger partial charge on any atom is 0.243 e. The van der Waals surface area contributed by atoms with E-state index >= 15 is 0 Å². The lowest BCUT2D eigenvalue weighted by Gasteiger charge is -2.15. The van der Waals surface area contributed by atoms with Gasteiger partial charge in [0, 0.05) is 12.6 Å². The summed E-state index contributed by atoms with van der Waals surface area (Å²) >= 11 is 0. The summed E-state index contributed by atoms with van der Waals surface area (Å²) in [6, 6.07) is 3.76. The van der Waals surface area contributed by atoms with Crippen LogP contribution in [0.1, 0.15) is 51.5 Å². The summed E-state index contributed by atoms with van der Waals surface area (Å²) in [5.74, 6) is -0.761. The lowest BCUT2D eigenvalue weighted by atomic mass is 10.1. The molecular formula is C15H25FN2O2S. The van der Waals surface area contributed by atoms with E-state index in [1.54, 1.807) is 6.92 Å². The Morgan fingerprint density at radius 2 is 2.00 bits per heavy atom. The van der Waals surface area contributed by atoms with Gasteiger partial charge in [0.1, 0.15) is 10.7 Å². The largest absolute Gasteiger partial charge is 0.326 e. The van der Waals surface area contributed by atoms with E-state index in [0.29, 0.717) is 5.56 Å². The molecule has 0 fully saturated rings. The molecule has 0 aliphatic rings. The normalized spacial score (nSPS) is 13.3. The SMILES string of the molecule is CCCCCCC(C)NS(=O)(=O)c1ccc(CN)cc1F. The van der Waals surface area contributed by atoms with Crippen LogP contribution in [0.25, 0.3) is 0 Å². The van der Waals surface area contributed by atoms with Gasteiger partial charge in [-0.05, 0) is 31.0 Å². The van der Waals surface area contributed by atoms with Crippen LogP contribution in [0.4, 0.5) is 4.39 Å². The van der Waals surface area contributed by atoms with Gasteiger partial charge in [-0.3, -0.25) is 0 Å². The monoisotopic (exact) mass is 316 g/mol. The van der Waals surface area contributed by atoms with Crippen LogP contribution < -0.4 is 10.5 Å². The highest BCUT2D eigenvalue weighted by Gasteiger charge is 2.21. The van der Waals surface area contributed by atoms with Crippen LogP contribution in [0.2, 0.25) is 0 Å². The van der Waals surface area contributed by atoms with Gasteiger partial charge in [0.15, 0.2) is 0 Å². The molecule has 120 valence electrons. The number of halogens is 1. The zero-order chi connectivity index (χ0) is 15.9. The summed E-state index contributed by atoms with van der Waals surface area (Å²) in [5.41, 5.74) is 5.97. The Morgan fingerprint density at radius 3 is 2.57 bits per heavy atom. The smallest absolute Gasteiger partial charge is 0.243 e. The van der Waals surface area contributed by atoms with Crippen molar-refractivity contribution in [2.75, 3.05) is 0 Å². The first-order valence-electron chi connectivity index (χ1n) is 7.41. The van der Waals surface area contributed by atoms with E-state index in [9.17, 15) is 12.8 Å². The molecule has 0 bridgehead atoms. The minimum atomic E-state index is -3.82. The van der Waals surface area contributed by atoms with Gasteiger partial charge in [0.2, 0.25) is 10.0 Å². The van der Waals surface area contributed by atoms with E-state index in [-0.39, 0.29) is 17.5 Å². The number of benzene rings is 1. The van der Waals surface area contributed by atoms with E-state index in [0.717, 1.165) is 32.1 Å². The molecule has 1 aromatic carbocycles. The molecule has 3 N–H and O–H groups in total. The fourth-order valence-corrected chi connectivity index (χ4v) is 3.49. The Hall–Kier alpha value is -0.980. The second-order valence-corrected chi connectivity index (χ2v) is 7.02. The molecule has 0 aliphatic carbocycles. The van der Waals surface area contributed by atoms with Crippen LogP contribution >= 0.6 is 0 Å². The van der Waals surface area contributed by atoms with Crippen LogP contribution in [0, 0.1) is 5.82 Å². The Labute approximate surface area is 127 Å². The Morgan fingerprint density at radius 1 is 1.29 bits per heavy atom. The van der Waals surface area contributed by atoms with Gasteiger partial charge >= 0.3 is 0 Å². The lowest BCUT2D eigenvalue weighted by Crippen LogP contribution is -2.33. The minimum absolute atomic E-state index is 0.179. The van der Waals surface area contributed by atoms with Crippen LogP contribution in [-0.4, -0.2) is 14.5 Å². The van der Waals surface area contributed by atoms with Crippen molar-refractivity contribution in [3.05, 3.63) is 29.6 Å². The van der Waals surface area contributed by atoms with Crippen molar-refractivity contribution in [2.45, 2.75) is 63.4 Å². The second-order valence-electron chi connectivity index (χ2n) is 5.34. The number of unbranched alkanes of at least 4 members (excludes halogenated alkanes) is 3. The summed E-state index contributed by atoms with van der Waals surface area (Å²) in [5, 5.41) is 0. The molecule has 4 nitrogen and oxygen atoms in total. The molecule has 6 heteroatoms. The molecule has 1 aromatic rings. The van der Waals surface area contributed by atoms with Crippen molar-refractivity contribution in [3.63, 3.8) is 0 Å².